The second kappa shape index (κ2) is 4.77. The normalized spacial score (nSPS) is 20.6. The molecule has 0 aromatic carbocycles. The Balaban J connectivity index is 3.17. The van der Waals surface area contributed by atoms with E-state index in [1.54, 1.807) is 0 Å². The molecule has 0 bridgehead atoms. The summed E-state index contributed by atoms with van der Waals surface area (Å²) in [5, 5.41) is -5.91. The summed E-state index contributed by atoms with van der Waals surface area (Å²) < 4.78 is 105. The first-order valence-corrected chi connectivity index (χ1v) is 6.50. The minimum Gasteiger partial charge on any atom is -0.379 e. The van der Waals surface area contributed by atoms with E-state index in [0.717, 1.165) is 0 Å². The minimum absolute atomic E-state index is 0.0240. The van der Waals surface area contributed by atoms with Crippen molar-refractivity contribution in [3.05, 3.63) is 0 Å². The molecule has 0 amide bonds. The summed E-state index contributed by atoms with van der Waals surface area (Å²) in [7, 11) is -5.91. The molecule has 1 aliphatic rings. The summed E-state index contributed by atoms with van der Waals surface area (Å²) in [6, 6.07) is 0. The Morgan fingerprint density at radius 3 is 1.79 bits per heavy atom. The zero-order valence-electron chi connectivity index (χ0n) is 9.68. The Morgan fingerprint density at radius 1 is 1.00 bits per heavy atom. The summed E-state index contributed by atoms with van der Waals surface area (Å²) in [4.78, 5) is 0. The highest BCUT2D eigenvalue weighted by molar-refractivity contribution is 7.90. The van der Waals surface area contributed by atoms with E-state index < -0.39 is 47.1 Å². The van der Waals surface area contributed by atoms with Crippen LogP contribution in [0.5, 0.6) is 0 Å². The first-order chi connectivity index (χ1) is 8.36. The lowest BCUT2D eigenvalue weighted by atomic mass is 10.2. The number of sulfonamides is 1. The molecular weight excluding hydrogens is 304 g/mol. The van der Waals surface area contributed by atoms with E-state index >= 15 is 0 Å². The number of ether oxygens (including phenoxy) is 1. The van der Waals surface area contributed by atoms with Crippen LogP contribution >= 0.6 is 0 Å². The quantitative estimate of drug-likeness (QED) is 0.739. The van der Waals surface area contributed by atoms with Crippen molar-refractivity contribution in [2.24, 2.45) is 0 Å². The van der Waals surface area contributed by atoms with Crippen molar-refractivity contribution in [2.45, 2.75) is 24.0 Å². The molecule has 0 aromatic heterocycles. The fourth-order valence-electron chi connectivity index (χ4n) is 1.37. The van der Waals surface area contributed by atoms with Gasteiger partial charge in [0.2, 0.25) is 0 Å². The highest BCUT2D eigenvalue weighted by atomic mass is 32.2. The molecule has 0 aliphatic carbocycles. The van der Waals surface area contributed by atoms with E-state index in [0.29, 0.717) is 0 Å². The molecular formula is C8H11F6NO3S. The lowest BCUT2D eigenvalue weighted by Gasteiger charge is -2.35. The van der Waals surface area contributed by atoms with Crippen LogP contribution < -0.4 is 0 Å². The molecule has 0 N–H and O–H groups in total. The molecule has 1 heterocycles. The first-order valence-electron chi connectivity index (χ1n) is 5.06. The molecule has 11 heteroatoms. The fraction of sp³-hybridized carbons (Fsp3) is 1.00. The van der Waals surface area contributed by atoms with Gasteiger partial charge >= 0.3 is 17.1 Å². The second-order valence-electron chi connectivity index (χ2n) is 4.00. The van der Waals surface area contributed by atoms with Crippen molar-refractivity contribution in [3.8, 4) is 0 Å². The predicted molar refractivity (Wildman–Crippen MR) is 51.8 cm³/mol. The third-order valence-electron chi connectivity index (χ3n) is 2.55. The van der Waals surface area contributed by atoms with Crippen LogP contribution in [0.1, 0.15) is 6.92 Å². The number of hydrogen-bond donors (Lipinski definition) is 0. The zero-order valence-corrected chi connectivity index (χ0v) is 10.5. The molecule has 19 heavy (non-hydrogen) atoms. The SMILES string of the molecule is CC(F)(F)C(F)(F)C(F)(F)S(=O)(=O)N1CCOCC1. The monoisotopic (exact) mass is 315 g/mol. The van der Waals surface area contributed by atoms with Crippen molar-refractivity contribution in [2.75, 3.05) is 26.3 Å². The highest BCUT2D eigenvalue weighted by Crippen LogP contribution is 2.49. The molecule has 1 rings (SSSR count). The maximum absolute atomic E-state index is 13.4. The van der Waals surface area contributed by atoms with Gasteiger partial charge in [0.15, 0.2) is 0 Å². The van der Waals surface area contributed by atoms with Crippen LogP contribution in [0.25, 0.3) is 0 Å². The topological polar surface area (TPSA) is 46.6 Å². The van der Waals surface area contributed by atoms with Crippen LogP contribution in [-0.4, -0.2) is 56.1 Å². The van der Waals surface area contributed by atoms with Gasteiger partial charge in [0.1, 0.15) is 0 Å². The van der Waals surface area contributed by atoms with E-state index in [4.69, 9.17) is 0 Å². The van der Waals surface area contributed by atoms with Gasteiger partial charge in [-0.2, -0.15) is 30.6 Å². The molecule has 1 fully saturated rings. The van der Waals surface area contributed by atoms with Gasteiger partial charge in [-0.05, 0) is 0 Å². The molecule has 0 saturated carbocycles. The van der Waals surface area contributed by atoms with Crippen molar-refractivity contribution in [1.82, 2.24) is 4.31 Å². The molecule has 4 nitrogen and oxygen atoms in total. The first kappa shape index (κ1) is 16.5. The van der Waals surface area contributed by atoms with Crippen molar-refractivity contribution in [3.63, 3.8) is 0 Å². The molecule has 1 saturated heterocycles. The van der Waals surface area contributed by atoms with Crippen LogP contribution in [0.3, 0.4) is 0 Å². The van der Waals surface area contributed by atoms with E-state index in [2.05, 4.69) is 4.74 Å². The summed E-state index contributed by atoms with van der Waals surface area (Å²) >= 11 is 0. The lowest BCUT2D eigenvalue weighted by Crippen LogP contribution is -2.61. The van der Waals surface area contributed by atoms with Gasteiger partial charge < -0.3 is 4.74 Å². The summed E-state index contributed by atoms with van der Waals surface area (Å²) in [5.74, 6) is -11.2. The summed E-state index contributed by atoms with van der Waals surface area (Å²) in [6.45, 7) is -2.20. The van der Waals surface area contributed by atoms with Crippen molar-refractivity contribution in [1.29, 1.82) is 0 Å². The Bertz CT molecular complexity index is 426. The highest BCUT2D eigenvalue weighted by Gasteiger charge is 2.76. The fourth-order valence-corrected chi connectivity index (χ4v) is 2.82. The molecule has 0 radical (unpaired) electrons. The average Bonchev–Trinajstić information content (AvgIpc) is 2.28. The van der Waals surface area contributed by atoms with Gasteiger partial charge in [-0.1, -0.05) is 0 Å². The number of morpholine rings is 1. The Kier molecular flexibility index (Phi) is 4.15. The largest absolute Gasteiger partial charge is 0.427 e. The number of rotatable bonds is 4. The van der Waals surface area contributed by atoms with Crippen LogP contribution in [0.15, 0.2) is 0 Å². The molecule has 114 valence electrons. The van der Waals surface area contributed by atoms with E-state index in [9.17, 15) is 34.8 Å². The van der Waals surface area contributed by atoms with Gasteiger partial charge in [0.05, 0.1) is 13.2 Å². The van der Waals surface area contributed by atoms with E-state index in [1.807, 2.05) is 0 Å². The van der Waals surface area contributed by atoms with Gasteiger partial charge in [-0.15, -0.1) is 0 Å². The average molecular weight is 315 g/mol. The van der Waals surface area contributed by atoms with E-state index in [-0.39, 0.29) is 17.5 Å². The molecule has 0 unspecified atom stereocenters. The summed E-state index contributed by atoms with van der Waals surface area (Å²) in [5.41, 5.74) is 0. The molecule has 0 atom stereocenters. The Labute approximate surface area is 105 Å². The number of nitrogens with zero attached hydrogens (tertiary/aromatic N) is 1. The van der Waals surface area contributed by atoms with Crippen molar-refractivity contribution >= 4 is 10.0 Å². The van der Waals surface area contributed by atoms with Crippen LogP contribution in [0, 0.1) is 0 Å². The smallest absolute Gasteiger partial charge is 0.379 e. The zero-order chi connectivity index (χ0) is 15.1. The number of hydrogen-bond acceptors (Lipinski definition) is 3. The van der Waals surface area contributed by atoms with Crippen LogP contribution in [0.2, 0.25) is 0 Å². The van der Waals surface area contributed by atoms with Gasteiger partial charge in [0.25, 0.3) is 10.0 Å². The van der Waals surface area contributed by atoms with Gasteiger partial charge in [-0.3, -0.25) is 0 Å². The van der Waals surface area contributed by atoms with Crippen LogP contribution in [-0.2, 0) is 14.8 Å². The summed E-state index contributed by atoms with van der Waals surface area (Å²) in [6.07, 6.45) is 0. The van der Waals surface area contributed by atoms with Gasteiger partial charge in [0, 0.05) is 20.0 Å². The number of halogens is 6. The molecule has 1 aliphatic heterocycles. The Morgan fingerprint density at radius 2 is 1.42 bits per heavy atom. The molecule has 0 aromatic rings. The molecule has 0 spiro atoms. The third kappa shape index (κ3) is 2.55. The third-order valence-corrected chi connectivity index (χ3v) is 4.50. The minimum atomic E-state index is -6.02. The van der Waals surface area contributed by atoms with E-state index in [1.165, 1.54) is 0 Å². The predicted octanol–water partition coefficient (Wildman–Crippen LogP) is 1.53. The standard InChI is InChI=1S/C8H11F6NO3S/c1-6(9,10)7(11,12)8(13,14)19(16,17)15-2-4-18-5-3-15/h2-5H2,1H3. The second-order valence-corrected chi connectivity index (χ2v) is 5.98. The van der Waals surface area contributed by atoms with Crippen molar-refractivity contribution < 1.29 is 39.5 Å². The van der Waals surface area contributed by atoms with Crippen LogP contribution in [0.4, 0.5) is 26.3 Å². The van der Waals surface area contributed by atoms with Gasteiger partial charge in [-0.25, -0.2) is 8.42 Å². The lowest BCUT2D eigenvalue weighted by molar-refractivity contribution is -0.272. The Hall–Kier alpha value is -0.550. The maximum Gasteiger partial charge on any atom is 0.427 e. The maximum atomic E-state index is 13.4. The number of alkyl halides is 6.